The van der Waals surface area contributed by atoms with Crippen molar-refractivity contribution in [1.29, 1.82) is 0 Å². The molecule has 4 heterocycles. The Bertz CT molecular complexity index is 2320. The summed E-state index contributed by atoms with van der Waals surface area (Å²) in [5.74, 6) is 1.87. The van der Waals surface area contributed by atoms with Gasteiger partial charge in [-0.05, 0) is 46.7 Å². The van der Waals surface area contributed by atoms with Crippen molar-refractivity contribution in [3.05, 3.63) is 127 Å². The molecule has 2 aliphatic rings. The van der Waals surface area contributed by atoms with Crippen LogP contribution in [-0.4, -0.2) is 15.8 Å². The zero-order valence-electron chi connectivity index (χ0n) is 21.5. The lowest BCUT2D eigenvalue weighted by Gasteiger charge is -2.33. The summed E-state index contributed by atoms with van der Waals surface area (Å²) in [4.78, 5) is 0. The van der Waals surface area contributed by atoms with Gasteiger partial charge in [0, 0.05) is 38.8 Å². The molecular weight excluding hydrogens is 487 g/mol. The van der Waals surface area contributed by atoms with Gasteiger partial charge in [-0.3, -0.25) is 0 Å². The van der Waals surface area contributed by atoms with E-state index in [9.17, 15) is 0 Å². The molecular formula is C36H21BN2O. The molecule has 0 atom stereocenters. The molecule has 0 saturated heterocycles. The lowest BCUT2D eigenvalue weighted by Crippen LogP contribution is -2.58. The average molecular weight is 508 g/mol. The molecule has 0 N–H and O–H groups in total. The summed E-state index contributed by atoms with van der Waals surface area (Å²) < 4.78 is 11.6. The van der Waals surface area contributed by atoms with Gasteiger partial charge in [0.15, 0.2) is 0 Å². The minimum Gasteiger partial charge on any atom is -0.458 e. The topological polar surface area (TPSA) is 19.1 Å². The number of fused-ring (bicyclic) bond motifs is 10. The smallest absolute Gasteiger partial charge is 0.256 e. The molecule has 40 heavy (non-hydrogen) atoms. The minimum absolute atomic E-state index is 0.114. The maximum absolute atomic E-state index is 6.76. The van der Waals surface area contributed by atoms with Gasteiger partial charge in [0.05, 0.1) is 22.2 Å². The summed E-state index contributed by atoms with van der Waals surface area (Å²) in [5.41, 5.74) is 11.0. The Hall–Kier alpha value is -5.22. The molecule has 0 radical (unpaired) electrons. The fourth-order valence-corrected chi connectivity index (χ4v) is 7.42. The van der Waals surface area contributed by atoms with Gasteiger partial charge in [-0.15, -0.1) is 0 Å². The van der Waals surface area contributed by atoms with Crippen molar-refractivity contribution in [2.45, 2.75) is 0 Å². The number of hydrogen-bond donors (Lipinski definition) is 0. The highest BCUT2D eigenvalue weighted by molar-refractivity contribution is 6.99. The number of rotatable bonds is 1. The average Bonchev–Trinajstić information content (AvgIpc) is 3.53. The molecule has 2 aromatic heterocycles. The Balaban J connectivity index is 1.40. The monoisotopic (exact) mass is 508 g/mol. The van der Waals surface area contributed by atoms with E-state index in [0.29, 0.717) is 0 Å². The third-order valence-electron chi connectivity index (χ3n) is 8.96. The predicted octanol–water partition coefficient (Wildman–Crippen LogP) is 6.82. The largest absolute Gasteiger partial charge is 0.458 e. The van der Waals surface area contributed by atoms with Crippen LogP contribution in [0.3, 0.4) is 0 Å². The van der Waals surface area contributed by atoms with Crippen molar-refractivity contribution < 1.29 is 4.74 Å². The quantitative estimate of drug-likeness (QED) is 0.223. The highest BCUT2D eigenvalue weighted by atomic mass is 16.5. The number of para-hydroxylation sites is 5. The Morgan fingerprint density at radius 2 is 1.05 bits per heavy atom. The molecule has 0 aliphatic carbocycles. The van der Waals surface area contributed by atoms with Crippen LogP contribution in [0.2, 0.25) is 0 Å². The highest BCUT2D eigenvalue weighted by Gasteiger charge is 2.40. The Morgan fingerprint density at radius 1 is 0.475 bits per heavy atom. The Labute approximate surface area is 230 Å². The first-order valence-electron chi connectivity index (χ1n) is 13.8. The zero-order valence-corrected chi connectivity index (χ0v) is 21.5. The van der Waals surface area contributed by atoms with Crippen molar-refractivity contribution >= 4 is 66.7 Å². The second-order valence-corrected chi connectivity index (χ2v) is 10.9. The van der Waals surface area contributed by atoms with Crippen LogP contribution in [0.5, 0.6) is 11.5 Å². The van der Waals surface area contributed by atoms with Crippen molar-refractivity contribution in [2.24, 2.45) is 0 Å². The van der Waals surface area contributed by atoms with Gasteiger partial charge in [-0.2, -0.15) is 0 Å². The normalized spacial score (nSPS) is 13.2. The van der Waals surface area contributed by atoms with E-state index in [1.165, 1.54) is 65.7 Å². The van der Waals surface area contributed by atoms with Crippen molar-refractivity contribution in [1.82, 2.24) is 9.13 Å². The van der Waals surface area contributed by atoms with E-state index in [1.807, 2.05) is 0 Å². The maximum atomic E-state index is 6.76. The minimum atomic E-state index is 0.114. The molecule has 0 amide bonds. The second-order valence-electron chi connectivity index (χ2n) is 10.9. The third kappa shape index (κ3) is 2.43. The van der Waals surface area contributed by atoms with E-state index in [4.69, 9.17) is 4.74 Å². The molecule has 184 valence electrons. The fourth-order valence-electron chi connectivity index (χ4n) is 7.42. The molecule has 0 bridgehead atoms. The third-order valence-corrected chi connectivity index (χ3v) is 8.96. The summed E-state index contributed by atoms with van der Waals surface area (Å²) in [6, 6.07) is 46.1. The SMILES string of the molecule is c1ccc2c(c1)Oc1cc(-n3c4ccccc4c4ccccc43)cc3c1B2c1cccc2c4ccccc4n-3c12. The van der Waals surface area contributed by atoms with Gasteiger partial charge in [-0.1, -0.05) is 91.0 Å². The number of aromatic nitrogens is 2. The maximum Gasteiger partial charge on any atom is 0.256 e. The summed E-state index contributed by atoms with van der Waals surface area (Å²) in [6.45, 7) is 0.114. The fraction of sp³-hybridized carbons (Fsp3) is 0. The van der Waals surface area contributed by atoms with Gasteiger partial charge in [0.2, 0.25) is 0 Å². The summed E-state index contributed by atoms with van der Waals surface area (Å²) in [6.07, 6.45) is 0. The van der Waals surface area contributed by atoms with Gasteiger partial charge < -0.3 is 13.9 Å². The van der Waals surface area contributed by atoms with E-state index in [2.05, 4.69) is 137 Å². The predicted molar refractivity (Wildman–Crippen MR) is 166 cm³/mol. The van der Waals surface area contributed by atoms with E-state index < -0.39 is 0 Å². The first-order chi connectivity index (χ1) is 19.9. The van der Waals surface area contributed by atoms with Crippen molar-refractivity contribution in [2.75, 3.05) is 0 Å². The van der Waals surface area contributed by atoms with Crippen LogP contribution in [0, 0.1) is 0 Å². The molecule has 0 saturated carbocycles. The van der Waals surface area contributed by atoms with E-state index in [-0.39, 0.29) is 6.71 Å². The van der Waals surface area contributed by atoms with Crippen LogP contribution in [0.1, 0.15) is 0 Å². The Kier molecular flexibility index (Phi) is 3.75. The van der Waals surface area contributed by atoms with Crippen LogP contribution >= 0.6 is 0 Å². The highest BCUT2D eigenvalue weighted by Crippen LogP contribution is 2.40. The van der Waals surface area contributed by atoms with Gasteiger partial charge in [0.25, 0.3) is 6.71 Å². The molecule has 0 unspecified atom stereocenters. The van der Waals surface area contributed by atoms with Crippen molar-refractivity contribution in [3.63, 3.8) is 0 Å². The lowest BCUT2D eigenvalue weighted by molar-refractivity contribution is 0.487. The number of benzene rings is 6. The molecule has 2 aliphatic heterocycles. The molecule has 4 heteroatoms. The molecule has 6 aromatic carbocycles. The molecule has 8 aromatic rings. The Morgan fingerprint density at radius 3 is 1.80 bits per heavy atom. The van der Waals surface area contributed by atoms with Gasteiger partial charge in [0.1, 0.15) is 11.5 Å². The number of hydrogen-bond acceptors (Lipinski definition) is 1. The van der Waals surface area contributed by atoms with E-state index in [0.717, 1.165) is 17.2 Å². The van der Waals surface area contributed by atoms with Crippen LogP contribution in [0.15, 0.2) is 127 Å². The van der Waals surface area contributed by atoms with Gasteiger partial charge >= 0.3 is 0 Å². The second kappa shape index (κ2) is 7.25. The zero-order chi connectivity index (χ0) is 25.9. The summed E-state index contributed by atoms with van der Waals surface area (Å²) >= 11 is 0. The molecule has 0 spiro atoms. The molecule has 3 nitrogen and oxygen atoms in total. The first-order valence-corrected chi connectivity index (χ1v) is 13.8. The van der Waals surface area contributed by atoms with Crippen LogP contribution < -0.4 is 21.1 Å². The standard InChI is InChI=1S/C36H21BN2O/c1-5-16-29-23(10-1)24-11-2-6-17-30(24)38(29)22-20-32-35-34(21-22)40-33-19-8-4-14-27(33)37(35)28-15-9-13-26-25-12-3-7-18-31(25)39(32)36(26)28/h1-21H. The van der Waals surface area contributed by atoms with Gasteiger partial charge in [-0.25, -0.2) is 0 Å². The van der Waals surface area contributed by atoms with E-state index in [1.54, 1.807) is 0 Å². The van der Waals surface area contributed by atoms with Crippen molar-refractivity contribution in [3.8, 4) is 22.9 Å². The summed E-state index contributed by atoms with van der Waals surface area (Å²) in [5, 5.41) is 5.09. The van der Waals surface area contributed by atoms with Crippen LogP contribution in [0.25, 0.3) is 55.0 Å². The van der Waals surface area contributed by atoms with Crippen LogP contribution in [-0.2, 0) is 0 Å². The van der Waals surface area contributed by atoms with E-state index >= 15 is 0 Å². The van der Waals surface area contributed by atoms with Crippen LogP contribution in [0.4, 0.5) is 0 Å². The molecule has 0 fully saturated rings. The molecule has 10 rings (SSSR count). The first kappa shape index (κ1) is 20.7. The number of ether oxygens (including phenoxy) is 1. The number of nitrogens with zero attached hydrogens (tertiary/aromatic N) is 2. The summed E-state index contributed by atoms with van der Waals surface area (Å²) in [7, 11) is 0. The lowest BCUT2D eigenvalue weighted by atomic mass is 9.34.